The van der Waals surface area contributed by atoms with Gasteiger partial charge >= 0.3 is 0 Å². The summed E-state index contributed by atoms with van der Waals surface area (Å²) in [5.74, 6) is 0.942. The van der Waals surface area contributed by atoms with Crippen LogP contribution in [0.5, 0.6) is 0 Å². The van der Waals surface area contributed by atoms with Crippen LogP contribution in [-0.2, 0) is 0 Å². The Morgan fingerprint density at radius 1 is 1.20 bits per heavy atom. The maximum absolute atomic E-state index is 5.78. The van der Waals surface area contributed by atoms with E-state index in [4.69, 9.17) is 5.73 Å². The topological polar surface area (TPSA) is 26.0 Å². The first-order valence-electron chi connectivity index (χ1n) is 4.37. The molecule has 0 unspecified atom stereocenters. The minimum atomic E-state index is 0.501. The summed E-state index contributed by atoms with van der Waals surface area (Å²) < 4.78 is 0. The molecule has 1 fully saturated rings. The molecule has 1 rings (SSSR count). The van der Waals surface area contributed by atoms with Gasteiger partial charge in [0.2, 0.25) is 0 Å². The Labute approximate surface area is 64.0 Å². The molecule has 1 heteroatoms. The van der Waals surface area contributed by atoms with Crippen LogP contribution in [0.15, 0.2) is 0 Å². The lowest BCUT2D eigenvalue weighted by atomic mass is 9.84. The Morgan fingerprint density at radius 3 is 2.30 bits per heavy atom. The van der Waals surface area contributed by atoms with Gasteiger partial charge in [0, 0.05) is 6.04 Å². The summed E-state index contributed by atoms with van der Waals surface area (Å²) in [7, 11) is 0. The van der Waals surface area contributed by atoms with Crippen molar-refractivity contribution < 1.29 is 0 Å². The lowest BCUT2D eigenvalue weighted by Crippen LogP contribution is -2.26. The van der Waals surface area contributed by atoms with Gasteiger partial charge in [-0.15, -0.1) is 0 Å². The molecule has 59 valence electrons. The molecule has 0 amide bonds. The third kappa shape index (κ3) is 2.30. The first kappa shape index (κ1) is 8.06. The van der Waals surface area contributed by atoms with Crippen LogP contribution in [0.2, 0.25) is 0 Å². The predicted octanol–water partition coefficient (Wildman–Crippen LogP) is 2.12. The fourth-order valence-electron chi connectivity index (χ4n) is 1.77. The highest BCUT2D eigenvalue weighted by Crippen LogP contribution is 2.26. The molecule has 1 nitrogen and oxygen atoms in total. The summed E-state index contributed by atoms with van der Waals surface area (Å²) in [6, 6.07) is 0.501. The fraction of sp³-hybridized carbons (Fsp3) is 0.889. The van der Waals surface area contributed by atoms with E-state index in [1.165, 1.54) is 32.1 Å². The molecule has 0 aromatic carbocycles. The molecule has 10 heavy (non-hydrogen) atoms. The Kier molecular flexibility index (Phi) is 3.20. The molecular weight excluding hydrogens is 122 g/mol. The third-order valence-electron chi connectivity index (χ3n) is 2.50. The van der Waals surface area contributed by atoms with Crippen molar-refractivity contribution in [1.29, 1.82) is 0 Å². The van der Waals surface area contributed by atoms with Crippen LogP contribution < -0.4 is 5.73 Å². The second-order valence-corrected chi connectivity index (χ2v) is 3.42. The minimum absolute atomic E-state index is 0.501. The normalized spacial score (nSPS) is 34.2. The molecule has 0 heterocycles. The van der Waals surface area contributed by atoms with Crippen molar-refractivity contribution in [2.24, 2.45) is 11.7 Å². The molecular formula is C9H18N. The average Bonchev–Trinajstić information content (AvgIpc) is 1.95. The maximum atomic E-state index is 5.78. The molecule has 0 aromatic rings. The minimum Gasteiger partial charge on any atom is -0.328 e. The molecule has 0 bridgehead atoms. The molecule has 0 atom stereocenters. The van der Waals surface area contributed by atoms with Crippen molar-refractivity contribution in [3.63, 3.8) is 0 Å². The molecule has 1 radical (unpaired) electrons. The second-order valence-electron chi connectivity index (χ2n) is 3.42. The van der Waals surface area contributed by atoms with Crippen molar-refractivity contribution in [3.8, 4) is 0 Å². The van der Waals surface area contributed by atoms with E-state index in [9.17, 15) is 0 Å². The van der Waals surface area contributed by atoms with Crippen molar-refractivity contribution >= 4 is 0 Å². The molecule has 0 aliphatic heterocycles. The zero-order chi connectivity index (χ0) is 7.40. The van der Waals surface area contributed by atoms with Crippen LogP contribution in [0.1, 0.15) is 38.5 Å². The molecule has 0 aromatic heterocycles. The van der Waals surface area contributed by atoms with Crippen molar-refractivity contribution in [2.75, 3.05) is 0 Å². The zero-order valence-corrected chi connectivity index (χ0v) is 6.68. The summed E-state index contributed by atoms with van der Waals surface area (Å²) in [5.41, 5.74) is 5.78. The Hall–Kier alpha value is -0.0400. The predicted molar refractivity (Wildman–Crippen MR) is 44.5 cm³/mol. The van der Waals surface area contributed by atoms with E-state index in [1.807, 2.05) is 0 Å². The third-order valence-corrected chi connectivity index (χ3v) is 2.50. The molecule has 1 saturated carbocycles. The Balaban J connectivity index is 2.13. The van der Waals surface area contributed by atoms with Gasteiger partial charge in [0.15, 0.2) is 0 Å². The van der Waals surface area contributed by atoms with Crippen LogP contribution in [0.3, 0.4) is 0 Å². The van der Waals surface area contributed by atoms with Crippen LogP contribution in [0, 0.1) is 12.8 Å². The van der Waals surface area contributed by atoms with Crippen molar-refractivity contribution in [1.82, 2.24) is 0 Å². The van der Waals surface area contributed by atoms with Gasteiger partial charge in [-0.05, 0) is 31.6 Å². The van der Waals surface area contributed by atoms with Crippen LogP contribution in [-0.4, -0.2) is 6.04 Å². The van der Waals surface area contributed by atoms with Crippen LogP contribution in [0.25, 0.3) is 0 Å². The van der Waals surface area contributed by atoms with E-state index in [1.54, 1.807) is 0 Å². The van der Waals surface area contributed by atoms with E-state index in [0.717, 1.165) is 12.3 Å². The largest absolute Gasteiger partial charge is 0.328 e. The number of nitrogens with two attached hydrogens (primary N) is 1. The average molecular weight is 140 g/mol. The van der Waals surface area contributed by atoms with E-state index in [2.05, 4.69) is 6.92 Å². The quantitative estimate of drug-likeness (QED) is 0.624. The highest BCUT2D eigenvalue weighted by atomic mass is 14.6. The number of rotatable bonds is 2. The standard InChI is InChI=1S/C9H18N/c1-2-3-8-4-6-9(10)7-5-8/h8-9H,1-7,10H2. The van der Waals surface area contributed by atoms with Crippen molar-refractivity contribution in [2.45, 2.75) is 44.6 Å². The Bertz CT molecular complexity index is 82.7. The van der Waals surface area contributed by atoms with Gasteiger partial charge in [-0.3, -0.25) is 0 Å². The van der Waals surface area contributed by atoms with E-state index >= 15 is 0 Å². The van der Waals surface area contributed by atoms with Gasteiger partial charge in [-0.2, -0.15) is 0 Å². The lowest BCUT2D eigenvalue weighted by Gasteiger charge is -2.25. The van der Waals surface area contributed by atoms with Gasteiger partial charge in [0.25, 0.3) is 0 Å². The SMILES string of the molecule is [CH2]CCC1CCC(N)CC1. The maximum Gasteiger partial charge on any atom is 0.00390 e. The molecule has 0 saturated heterocycles. The van der Waals surface area contributed by atoms with Crippen LogP contribution in [0.4, 0.5) is 0 Å². The summed E-state index contributed by atoms with van der Waals surface area (Å²) >= 11 is 0. The smallest absolute Gasteiger partial charge is 0.00390 e. The number of hydrogen-bond acceptors (Lipinski definition) is 1. The fourth-order valence-corrected chi connectivity index (χ4v) is 1.77. The molecule has 0 spiro atoms. The monoisotopic (exact) mass is 140 g/mol. The molecule has 2 N–H and O–H groups in total. The summed E-state index contributed by atoms with van der Waals surface area (Å²) in [6.07, 6.45) is 7.58. The molecule has 1 aliphatic rings. The highest BCUT2D eigenvalue weighted by Gasteiger charge is 2.16. The van der Waals surface area contributed by atoms with Gasteiger partial charge < -0.3 is 5.73 Å². The van der Waals surface area contributed by atoms with Crippen molar-refractivity contribution in [3.05, 3.63) is 6.92 Å². The summed E-state index contributed by atoms with van der Waals surface area (Å²) in [6.45, 7) is 3.87. The Morgan fingerprint density at radius 2 is 1.80 bits per heavy atom. The summed E-state index contributed by atoms with van der Waals surface area (Å²) in [5, 5.41) is 0. The van der Waals surface area contributed by atoms with E-state index in [0.29, 0.717) is 6.04 Å². The van der Waals surface area contributed by atoms with Gasteiger partial charge in [-0.25, -0.2) is 0 Å². The highest BCUT2D eigenvalue weighted by molar-refractivity contribution is 4.74. The van der Waals surface area contributed by atoms with E-state index in [-0.39, 0.29) is 0 Å². The van der Waals surface area contributed by atoms with Gasteiger partial charge in [0.05, 0.1) is 0 Å². The first-order chi connectivity index (χ1) is 4.83. The zero-order valence-electron chi connectivity index (χ0n) is 6.68. The second kappa shape index (κ2) is 3.97. The van der Waals surface area contributed by atoms with E-state index < -0.39 is 0 Å². The molecule has 1 aliphatic carbocycles. The number of hydrogen-bond donors (Lipinski definition) is 1. The van der Waals surface area contributed by atoms with Gasteiger partial charge in [-0.1, -0.05) is 19.8 Å². The first-order valence-corrected chi connectivity index (χ1v) is 4.37. The van der Waals surface area contributed by atoms with Crippen LogP contribution >= 0.6 is 0 Å². The lowest BCUT2D eigenvalue weighted by molar-refractivity contribution is 0.312. The van der Waals surface area contributed by atoms with Gasteiger partial charge in [0.1, 0.15) is 0 Å². The summed E-state index contributed by atoms with van der Waals surface area (Å²) in [4.78, 5) is 0.